The molecule has 1 fully saturated rings. The van der Waals surface area contributed by atoms with E-state index < -0.39 is 17.7 Å². The smallest absolute Gasteiger partial charge is 0.145 e. The van der Waals surface area contributed by atoms with Crippen molar-refractivity contribution < 1.29 is 19.4 Å². The molecule has 4 nitrogen and oxygen atoms in total. The monoisotopic (exact) mass is 323 g/mol. The highest BCUT2D eigenvalue weighted by molar-refractivity contribution is 5.78. The molecule has 0 spiro atoms. The lowest BCUT2D eigenvalue weighted by molar-refractivity contribution is -0.154. The van der Waals surface area contributed by atoms with E-state index in [9.17, 15) is 19.4 Å². The van der Waals surface area contributed by atoms with Gasteiger partial charge in [-0.2, -0.15) is 0 Å². The number of aliphatic hydroxyl groups is 2. The second-order valence-electron chi connectivity index (χ2n) is 6.53. The molecule has 3 atom stereocenters. The minimum absolute atomic E-state index is 0.103. The van der Waals surface area contributed by atoms with Gasteiger partial charge >= 0.3 is 0 Å². The molecule has 0 aliphatic carbocycles. The van der Waals surface area contributed by atoms with Crippen LogP contribution in [0.15, 0.2) is 24.3 Å². The van der Waals surface area contributed by atoms with Crippen LogP contribution in [-0.2, 0) is 10.5 Å². The number of aliphatic hydroxyl groups excluding tert-OH is 1. The van der Waals surface area contributed by atoms with Crippen LogP contribution in [0.1, 0.15) is 45.1 Å². The molecule has 23 heavy (non-hydrogen) atoms. The molecule has 0 amide bonds. The summed E-state index contributed by atoms with van der Waals surface area (Å²) < 4.78 is 13.2. The molecular formula is C18H26FNO3. The first kappa shape index (κ1) is 18.0. The average molecular weight is 323 g/mol. The molecule has 1 aromatic carbocycles. The number of rotatable bonds is 6. The Hall–Kier alpha value is -1.30. The number of carbonyl (C=O) groups excluding carboxylic acids is 1. The number of benzene rings is 1. The van der Waals surface area contributed by atoms with Crippen molar-refractivity contribution in [1.82, 2.24) is 4.90 Å². The molecule has 1 saturated heterocycles. The van der Waals surface area contributed by atoms with Crippen molar-refractivity contribution in [3.63, 3.8) is 0 Å². The lowest BCUT2D eigenvalue weighted by atomic mass is 9.84. The first-order valence-corrected chi connectivity index (χ1v) is 8.26. The first-order chi connectivity index (χ1) is 10.8. The van der Waals surface area contributed by atoms with E-state index in [1.54, 1.807) is 19.1 Å². The predicted molar refractivity (Wildman–Crippen MR) is 86.2 cm³/mol. The third-order valence-corrected chi connectivity index (χ3v) is 4.79. The van der Waals surface area contributed by atoms with Gasteiger partial charge in [-0.1, -0.05) is 18.6 Å². The van der Waals surface area contributed by atoms with Crippen LogP contribution in [0, 0.1) is 11.7 Å². The zero-order valence-electron chi connectivity index (χ0n) is 13.8. The maximum absolute atomic E-state index is 13.2. The van der Waals surface area contributed by atoms with Crippen LogP contribution >= 0.6 is 0 Å². The zero-order valence-corrected chi connectivity index (χ0v) is 13.8. The summed E-state index contributed by atoms with van der Waals surface area (Å²) in [5.74, 6) is -1.18. The number of halogens is 1. The maximum Gasteiger partial charge on any atom is 0.145 e. The number of likely N-dealkylation sites (tertiary alicyclic amines) is 1. The van der Waals surface area contributed by atoms with Gasteiger partial charge in [0.05, 0.1) is 6.10 Å². The quantitative estimate of drug-likeness (QED) is 0.844. The summed E-state index contributed by atoms with van der Waals surface area (Å²) in [5.41, 5.74) is -0.811. The summed E-state index contributed by atoms with van der Waals surface area (Å²) in [5, 5.41) is 21.3. The van der Waals surface area contributed by atoms with Crippen LogP contribution in [0.25, 0.3) is 0 Å². The summed E-state index contributed by atoms with van der Waals surface area (Å²) in [6.07, 6.45) is 2.32. The van der Waals surface area contributed by atoms with E-state index in [0.717, 1.165) is 32.4 Å². The predicted octanol–water partition coefficient (Wildman–Crippen LogP) is 2.43. The number of piperidine rings is 1. The maximum atomic E-state index is 13.2. The third-order valence-electron chi connectivity index (χ3n) is 4.79. The lowest BCUT2D eigenvalue weighted by Gasteiger charge is -2.44. The van der Waals surface area contributed by atoms with Crippen LogP contribution < -0.4 is 0 Å². The molecule has 128 valence electrons. The SMILES string of the molecule is CC(=O)C(CC(O)(c1ccc(F)cc1)N1CCCCC1)C(C)O. The Bertz CT molecular complexity index is 526. The summed E-state index contributed by atoms with van der Waals surface area (Å²) in [4.78, 5) is 13.8. The van der Waals surface area contributed by atoms with Crippen LogP contribution in [0.4, 0.5) is 4.39 Å². The number of hydrogen-bond donors (Lipinski definition) is 2. The lowest BCUT2D eigenvalue weighted by Crippen LogP contribution is -2.51. The number of carbonyl (C=O) groups is 1. The van der Waals surface area contributed by atoms with E-state index in [1.807, 2.05) is 4.90 Å². The van der Waals surface area contributed by atoms with Gasteiger partial charge in [0.1, 0.15) is 17.3 Å². The molecule has 5 heteroatoms. The van der Waals surface area contributed by atoms with E-state index in [0.29, 0.717) is 5.56 Å². The second kappa shape index (κ2) is 7.51. The van der Waals surface area contributed by atoms with Crippen molar-refractivity contribution in [1.29, 1.82) is 0 Å². The van der Waals surface area contributed by atoms with Gasteiger partial charge in [-0.25, -0.2) is 4.39 Å². The standard InChI is InChI=1S/C18H26FNO3/c1-13(21)17(14(2)22)12-18(23,20-10-4-3-5-11-20)15-6-8-16(19)9-7-15/h6-9,13,17,21,23H,3-5,10-12H2,1-2H3. The third kappa shape index (κ3) is 4.16. The Morgan fingerprint density at radius 1 is 1.26 bits per heavy atom. The molecule has 0 radical (unpaired) electrons. The Labute approximate surface area is 136 Å². The number of hydrogen-bond acceptors (Lipinski definition) is 4. The molecule has 0 bridgehead atoms. The van der Waals surface area contributed by atoms with E-state index in [1.165, 1.54) is 19.1 Å². The van der Waals surface area contributed by atoms with E-state index >= 15 is 0 Å². The van der Waals surface area contributed by atoms with Crippen LogP contribution in [0.2, 0.25) is 0 Å². The average Bonchev–Trinajstić information content (AvgIpc) is 2.53. The van der Waals surface area contributed by atoms with Gasteiger partial charge in [0.15, 0.2) is 0 Å². The second-order valence-corrected chi connectivity index (χ2v) is 6.53. The van der Waals surface area contributed by atoms with Crippen LogP contribution in [-0.4, -0.2) is 40.1 Å². The fourth-order valence-electron chi connectivity index (χ4n) is 3.37. The van der Waals surface area contributed by atoms with Crippen molar-refractivity contribution >= 4 is 5.78 Å². The van der Waals surface area contributed by atoms with Crippen LogP contribution in [0.5, 0.6) is 0 Å². The molecule has 2 rings (SSSR count). The van der Waals surface area contributed by atoms with E-state index in [-0.39, 0.29) is 18.0 Å². The summed E-state index contributed by atoms with van der Waals surface area (Å²) >= 11 is 0. The van der Waals surface area contributed by atoms with Gasteiger partial charge in [0.25, 0.3) is 0 Å². The van der Waals surface area contributed by atoms with Crippen molar-refractivity contribution in [3.05, 3.63) is 35.6 Å². The minimum Gasteiger partial charge on any atom is -0.393 e. The van der Waals surface area contributed by atoms with Gasteiger partial charge in [0.2, 0.25) is 0 Å². The largest absolute Gasteiger partial charge is 0.393 e. The van der Waals surface area contributed by atoms with Gasteiger partial charge in [-0.15, -0.1) is 0 Å². The number of Topliss-reactive ketones (excluding diaryl/α,β-unsaturated/α-hetero) is 1. The fourth-order valence-corrected chi connectivity index (χ4v) is 3.37. The van der Waals surface area contributed by atoms with Gasteiger partial charge in [0, 0.05) is 25.4 Å². The van der Waals surface area contributed by atoms with E-state index in [4.69, 9.17) is 0 Å². The Kier molecular flexibility index (Phi) is 5.89. The Morgan fingerprint density at radius 3 is 2.30 bits per heavy atom. The number of ketones is 1. The summed E-state index contributed by atoms with van der Waals surface area (Å²) in [6, 6.07) is 5.75. The van der Waals surface area contributed by atoms with E-state index in [2.05, 4.69) is 0 Å². The topological polar surface area (TPSA) is 60.8 Å². The molecular weight excluding hydrogens is 297 g/mol. The molecule has 0 aromatic heterocycles. The first-order valence-electron chi connectivity index (χ1n) is 8.26. The molecule has 3 unspecified atom stereocenters. The highest BCUT2D eigenvalue weighted by atomic mass is 19.1. The molecule has 2 N–H and O–H groups in total. The Balaban J connectivity index is 2.37. The normalized spacial score (nSPS) is 21.4. The Morgan fingerprint density at radius 2 is 1.83 bits per heavy atom. The molecule has 1 heterocycles. The van der Waals surface area contributed by atoms with Gasteiger partial charge in [-0.3, -0.25) is 9.69 Å². The van der Waals surface area contributed by atoms with Gasteiger partial charge in [-0.05, 0) is 44.4 Å². The molecule has 1 aromatic rings. The van der Waals surface area contributed by atoms with Crippen molar-refractivity contribution in [2.45, 2.75) is 51.4 Å². The minimum atomic E-state index is -1.37. The zero-order chi connectivity index (χ0) is 17.0. The summed E-state index contributed by atoms with van der Waals surface area (Å²) in [7, 11) is 0. The van der Waals surface area contributed by atoms with Crippen molar-refractivity contribution in [3.8, 4) is 0 Å². The number of nitrogens with zero attached hydrogens (tertiary/aromatic N) is 1. The molecule has 1 aliphatic rings. The van der Waals surface area contributed by atoms with Crippen molar-refractivity contribution in [2.75, 3.05) is 13.1 Å². The highest BCUT2D eigenvalue weighted by Gasteiger charge is 2.41. The summed E-state index contributed by atoms with van der Waals surface area (Å²) in [6.45, 7) is 4.43. The fraction of sp³-hybridized carbons (Fsp3) is 0.611. The molecule has 1 aliphatic heterocycles. The molecule has 0 saturated carbocycles. The van der Waals surface area contributed by atoms with Crippen LogP contribution in [0.3, 0.4) is 0 Å². The van der Waals surface area contributed by atoms with Gasteiger partial charge < -0.3 is 10.2 Å². The van der Waals surface area contributed by atoms with Crippen molar-refractivity contribution in [2.24, 2.45) is 5.92 Å². The highest BCUT2D eigenvalue weighted by Crippen LogP contribution is 2.36.